The molecule has 2 N–H and O–H groups in total. The van der Waals surface area contributed by atoms with E-state index in [1.165, 1.54) is 0 Å². The predicted octanol–water partition coefficient (Wildman–Crippen LogP) is 1.07. The highest BCUT2D eigenvalue weighted by molar-refractivity contribution is 5.06. The van der Waals surface area contributed by atoms with E-state index in [9.17, 15) is 0 Å². The Hall–Kier alpha value is -1.69. The molecule has 0 aromatic carbocycles. The van der Waals surface area contributed by atoms with E-state index in [0.29, 0.717) is 19.0 Å². The van der Waals surface area contributed by atoms with Crippen LogP contribution in [-0.4, -0.2) is 20.0 Å². The highest BCUT2D eigenvalue weighted by Crippen LogP contribution is 2.22. The Labute approximate surface area is 99.8 Å². The number of nitrogens with zero attached hydrogens (tertiary/aromatic N) is 4. The predicted molar refractivity (Wildman–Crippen MR) is 62.2 cm³/mol. The fourth-order valence-corrected chi connectivity index (χ4v) is 1.38. The van der Waals surface area contributed by atoms with E-state index in [4.69, 9.17) is 10.2 Å². The van der Waals surface area contributed by atoms with E-state index in [1.54, 1.807) is 17.1 Å². The monoisotopic (exact) mass is 235 g/mol. The molecule has 0 bridgehead atoms. The van der Waals surface area contributed by atoms with E-state index in [1.807, 2.05) is 0 Å². The second-order valence-corrected chi connectivity index (χ2v) is 4.98. The standard InChI is InChI=1S/C11H17N5O/c1-11(2,3)9-5-13-10(17-9)7-16-6-8(4-12)14-15-16/h5-6H,4,7,12H2,1-3H3. The Kier molecular flexibility index (Phi) is 2.97. The lowest BCUT2D eigenvalue weighted by atomic mass is 9.94. The summed E-state index contributed by atoms with van der Waals surface area (Å²) in [6, 6.07) is 0. The molecule has 0 aliphatic rings. The summed E-state index contributed by atoms with van der Waals surface area (Å²) in [7, 11) is 0. The lowest BCUT2D eigenvalue weighted by molar-refractivity contribution is 0.371. The van der Waals surface area contributed by atoms with Crippen molar-refractivity contribution in [1.29, 1.82) is 0 Å². The number of oxazole rings is 1. The molecule has 0 amide bonds. The summed E-state index contributed by atoms with van der Waals surface area (Å²) >= 11 is 0. The van der Waals surface area contributed by atoms with Gasteiger partial charge in [0.25, 0.3) is 0 Å². The molecule has 0 fully saturated rings. The SMILES string of the molecule is CC(C)(C)c1cnc(Cn2cc(CN)nn2)o1. The van der Waals surface area contributed by atoms with Crippen molar-refractivity contribution in [1.82, 2.24) is 20.0 Å². The summed E-state index contributed by atoms with van der Waals surface area (Å²) in [5.41, 5.74) is 6.19. The molecule has 0 spiro atoms. The van der Waals surface area contributed by atoms with Crippen LogP contribution in [0.3, 0.4) is 0 Å². The lowest BCUT2D eigenvalue weighted by Crippen LogP contribution is -2.09. The number of nitrogens with two attached hydrogens (primary N) is 1. The van der Waals surface area contributed by atoms with Gasteiger partial charge in [-0.05, 0) is 0 Å². The maximum absolute atomic E-state index is 5.66. The number of rotatable bonds is 3. The Morgan fingerprint density at radius 1 is 1.41 bits per heavy atom. The van der Waals surface area contributed by atoms with Crippen LogP contribution in [0, 0.1) is 0 Å². The van der Waals surface area contributed by atoms with Crippen molar-refractivity contribution in [2.45, 2.75) is 39.3 Å². The smallest absolute Gasteiger partial charge is 0.216 e. The van der Waals surface area contributed by atoms with Gasteiger partial charge >= 0.3 is 0 Å². The first-order chi connectivity index (χ1) is 7.99. The van der Waals surface area contributed by atoms with Crippen LogP contribution >= 0.6 is 0 Å². The van der Waals surface area contributed by atoms with E-state index < -0.39 is 0 Å². The van der Waals surface area contributed by atoms with Gasteiger partial charge in [0.15, 0.2) is 0 Å². The molecule has 0 aliphatic carbocycles. The minimum atomic E-state index is -0.0317. The number of hydrogen-bond donors (Lipinski definition) is 1. The average Bonchev–Trinajstić information content (AvgIpc) is 2.86. The van der Waals surface area contributed by atoms with Gasteiger partial charge in [0.2, 0.25) is 5.89 Å². The molecule has 6 heteroatoms. The number of hydrogen-bond acceptors (Lipinski definition) is 5. The quantitative estimate of drug-likeness (QED) is 0.860. The van der Waals surface area contributed by atoms with Gasteiger partial charge in [-0.1, -0.05) is 26.0 Å². The summed E-state index contributed by atoms with van der Waals surface area (Å²) in [4.78, 5) is 4.23. The van der Waals surface area contributed by atoms with Crippen molar-refractivity contribution in [2.24, 2.45) is 5.73 Å². The van der Waals surface area contributed by atoms with Gasteiger partial charge in [-0.15, -0.1) is 5.10 Å². The average molecular weight is 235 g/mol. The molecular weight excluding hydrogens is 218 g/mol. The third-order valence-electron chi connectivity index (χ3n) is 2.39. The van der Waals surface area contributed by atoms with Crippen LogP contribution < -0.4 is 5.73 Å². The van der Waals surface area contributed by atoms with Crippen LogP contribution in [0.15, 0.2) is 16.8 Å². The van der Waals surface area contributed by atoms with Gasteiger partial charge in [-0.3, -0.25) is 0 Å². The fraction of sp³-hybridized carbons (Fsp3) is 0.545. The van der Waals surface area contributed by atoms with E-state index >= 15 is 0 Å². The molecule has 92 valence electrons. The minimum absolute atomic E-state index is 0.0317. The summed E-state index contributed by atoms with van der Waals surface area (Å²) in [5.74, 6) is 1.50. The molecule has 0 aliphatic heterocycles. The van der Waals surface area contributed by atoms with Crippen LogP contribution in [0.2, 0.25) is 0 Å². The first kappa shape index (κ1) is 11.8. The van der Waals surface area contributed by atoms with Gasteiger partial charge in [0, 0.05) is 12.0 Å². The fourth-order valence-electron chi connectivity index (χ4n) is 1.38. The van der Waals surface area contributed by atoms with Gasteiger partial charge in [0.1, 0.15) is 12.3 Å². The molecule has 6 nitrogen and oxygen atoms in total. The molecule has 0 unspecified atom stereocenters. The molecular formula is C11H17N5O. The summed E-state index contributed by atoms with van der Waals surface area (Å²) < 4.78 is 7.33. The van der Waals surface area contributed by atoms with Crippen LogP contribution in [0.1, 0.15) is 38.1 Å². The Bertz CT molecular complexity index is 494. The highest BCUT2D eigenvalue weighted by atomic mass is 16.4. The highest BCUT2D eigenvalue weighted by Gasteiger charge is 2.19. The van der Waals surface area contributed by atoms with E-state index in [2.05, 4.69) is 36.1 Å². The molecule has 17 heavy (non-hydrogen) atoms. The molecule has 2 rings (SSSR count). The van der Waals surface area contributed by atoms with Crippen molar-refractivity contribution < 1.29 is 4.42 Å². The van der Waals surface area contributed by atoms with Gasteiger partial charge in [-0.2, -0.15) is 0 Å². The topological polar surface area (TPSA) is 82.8 Å². The third kappa shape index (κ3) is 2.71. The molecule has 2 aromatic rings. The van der Waals surface area contributed by atoms with Crippen LogP contribution in [-0.2, 0) is 18.5 Å². The minimum Gasteiger partial charge on any atom is -0.443 e. The second kappa shape index (κ2) is 4.29. The largest absolute Gasteiger partial charge is 0.443 e. The Balaban J connectivity index is 2.11. The Morgan fingerprint density at radius 2 is 2.18 bits per heavy atom. The zero-order chi connectivity index (χ0) is 12.5. The van der Waals surface area contributed by atoms with Gasteiger partial charge in [-0.25, -0.2) is 9.67 Å². The molecule has 0 saturated heterocycles. The summed E-state index contributed by atoms with van der Waals surface area (Å²) in [6.07, 6.45) is 3.55. The van der Waals surface area contributed by atoms with Crippen molar-refractivity contribution in [3.05, 3.63) is 29.7 Å². The van der Waals surface area contributed by atoms with Crippen molar-refractivity contribution >= 4 is 0 Å². The maximum atomic E-state index is 5.66. The van der Waals surface area contributed by atoms with Gasteiger partial charge < -0.3 is 10.2 Å². The van der Waals surface area contributed by atoms with Crippen molar-refractivity contribution in [2.75, 3.05) is 0 Å². The first-order valence-electron chi connectivity index (χ1n) is 5.53. The van der Waals surface area contributed by atoms with Crippen LogP contribution in [0.4, 0.5) is 0 Å². The number of aromatic nitrogens is 4. The van der Waals surface area contributed by atoms with Crippen molar-refractivity contribution in [3.8, 4) is 0 Å². The normalized spacial score (nSPS) is 12.0. The summed E-state index contributed by atoms with van der Waals surface area (Å²) in [6.45, 7) is 7.11. The van der Waals surface area contributed by atoms with Gasteiger partial charge in [0.05, 0.1) is 18.1 Å². The zero-order valence-corrected chi connectivity index (χ0v) is 10.3. The van der Waals surface area contributed by atoms with Crippen molar-refractivity contribution in [3.63, 3.8) is 0 Å². The maximum Gasteiger partial charge on any atom is 0.216 e. The first-order valence-corrected chi connectivity index (χ1v) is 5.53. The second-order valence-electron chi connectivity index (χ2n) is 4.98. The van der Waals surface area contributed by atoms with E-state index in [-0.39, 0.29) is 5.41 Å². The molecule has 2 heterocycles. The third-order valence-corrected chi connectivity index (χ3v) is 2.39. The molecule has 0 radical (unpaired) electrons. The Morgan fingerprint density at radius 3 is 2.71 bits per heavy atom. The van der Waals surface area contributed by atoms with E-state index in [0.717, 1.165) is 11.5 Å². The lowest BCUT2D eigenvalue weighted by Gasteiger charge is -2.12. The molecule has 0 saturated carbocycles. The van der Waals surface area contributed by atoms with Crippen LogP contribution in [0.5, 0.6) is 0 Å². The zero-order valence-electron chi connectivity index (χ0n) is 10.3. The molecule has 2 aromatic heterocycles. The van der Waals surface area contributed by atoms with Crippen LogP contribution in [0.25, 0.3) is 0 Å². The summed E-state index contributed by atoms with van der Waals surface area (Å²) in [5, 5.41) is 7.85. The molecule has 0 atom stereocenters.